The molecule has 0 atom stereocenters. The van der Waals surface area contributed by atoms with Crippen LogP contribution in [0.2, 0.25) is 0 Å². The number of benzene rings is 2. The largest absolute Gasteiger partial charge is 0.493 e. The molecular weight excluding hydrogens is 380 g/mol. The van der Waals surface area contributed by atoms with Crippen molar-refractivity contribution in [2.75, 3.05) is 26.1 Å². The summed E-state index contributed by atoms with van der Waals surface area (Å²) in [5.41, 5.74) is 8.94. The summed E-state index contributed by atoms with van der Waals surface area (Å²) in [7, 11) is 3.24. The van der Waals surface area contributed by atoms with Gasteiger partial charge < -0.3 is 20.1 Å². The maximum Gasteiger partial charge on any atom is 0.189 e. The maximum atomic E-state index is 5.31. The first-order chi connectivity index (χ1) is 13.0. The predicted octanol–water partition coefficient (Wildman–Crippen LogP) is 2.92. The fourth-order valence-electron chi connectivity index (χ4n) is 2.31. The van der Waals surface area contributed by atoms with E-state index in [-0.39, 0.29) is 0 Å². The second-order valence-electron chi connectivity index (χ2n) is 5.77. The molecule has 0 unspecified atom stereocenters. The lowest BCUT2D eigenvalue weighted by Gasteiger charge is -2.14. The summed E-state index contributed by atoms with van der Waals surface area (Å²) in [5.74, 6) is 1.43. The van der Waals surface area contributed by atoms with Gasteiger partial charge in [-0.15, -0.1) is 0 Å². The molecular formula is C19H24N4O2S2. The van der Waals surface area contributed by atoms with E-state index in [1.54, 1.807) is 14.2 Å². The Balaban J connectivity index is 1.70. The van der Waals surface area contributed by atoms with E-state index >= 15 is 0 Å². The van der Waals surface area contributed by atoms with Gasteiger partial charge in [0.05, 0.1) is 14.2 Å². The van der Waals surface area contributed by atoms with Gasteiger partial charge in [0.1, 0.15) is 0 Å². The number of methoxy groups -OCH3 is 2. The molecule has 0 saturated heterocycles. The Bertz CT molecular complexity index is 782. The van der Waals surface area contributed by atoms with E-state index in [1.807, 2.05) is 49.4 Å². The van der Waals surface area contributed by atoms with E-state index < -0.39 is 0 Å². The minimum Gasteiger partial charge on any atom is -0.493 e. The van der Waals surface area contributed by atoms with Gasteiger partial charge in [-0.05, 0) is 67.6 Å². The van der Waals surface area contributed by atoms with Crippen molar-refractivity contribution < 1.29 is 9.47 Å². The molecule has 27 heavy (non-hydrogen) atoms. The normalized spacial score (nSPS) is 9.89. The van der Waals surface area contributed by atoms with Crippen LogP contribution >= 0.6 is 24.4 Å². The zero-order valence-electron chi connectivity index (χ0n) is 15.6. The van der Waals surface area contributed by atoms with Crippen molar-refractivity contribution in [2.24, 2.45) is 0 Å². The molecule has 6 nitrogen and oxygen atoms in total. The van der Waals surface area contributed by atoms with Gasteiger partial charge in [0.25, 0.3) is 0 Å². The highest BCUT2D eigenvalue weighted by Gasteiger charge is 2.05. The molecule has 0 bridgehead atoms. The number of thiocarbonyl (C=S) groups is 2. The van der Waals surface area contributed by atoms with Crippen LogP contribution in [0.5, 0.6) is 11.5 Å². The average Bonchev–Trinajstić information content (AvgIpc) is 2.68. The Kier molecular flexibility index (Phi) is 8.09. The zero-order chi connectivity index (χ0) is 19.6. The summed E-state index contributed by atoms with van der Waals surface area (Å²) in [4.78, 5) is 0. The molecule has 8 heteroatoms. The molecule has 0 aliphatic carbocycles. The topological polar surface area (TPSA) is 66.6 Å². The quantitative estimate of drug-likeness (QED) is 0.433. The van der Waals surface area contributed by atoms with Crippen LogP contribution in [0.25, 0.3) is 0 Å². The molecule has 0 aliphatic rings. The Morgan fingerprint density at radius 1 is 0.889 bits per heavy atom. The third kappa shape index (κ3) is 6.92. The van der Waals surface area contributed by atoms with Gasteiger partial charge in [-0.3, -0.25) is 10.9 Å². The van der Waals surface area contributed by atoms with E-state index in [0.29, 0.717) is 28.3 Å². The van der Waals surface area contributed by atoms with Crippen LogP contribution in [0, 0.1) is 6.92 Å². The lowest BCUT2D eigenvalue weighted by molar-refractivity contribution is 0.354. The van der Waals surface area contributed by atoms with Crippen molar-refractivity contribution in [1.29, 1.82) is 0 Å². The molecule has 0 radical (unpaired) electrons. The molecule has 0 aliphatic heterocycles. The molecule has 2 aromatic carbocycles. The Morgan fingerprint density at radius 3 is 2.22 bits per heavy atom. The van der Waals surface area contributed by atoms with Crippen LogP contribution in [-0.4, -0.2) is 31.0 Å². The number of anilines is 1. The summed E-state index contributed by atoms with van der Waals surface area (Å²) >= 11 is 10.5. The van der Waals surface area contributed by atoms with Crippen LogP contribution < -0.4 is 31.0 Å². The zero-order valence-corrected chi connectivity index (χ0v) is 17.2. The van der Waals surface area contributed by atoms with E-state index in [0.717, 1.165) is 17.7 Å². The van der Waals surface area contributed by atoms with Crippen molar-refractivity contribution in [1.82, 2.24) is 16.2 Å². The van der Waals surface area contributed by atoms with E-state index in [1.165, 1.54) is 5.56 Å². The van der Waals surface area contributed by atoms with Crippen LogP contribution in [0.3, 0.4) is 0 Å². The third-order valence-electron chi connectivity index (χ3n) is 3.75. The monoisotopic (exact) mass is 404 g/mol. The number of rotatable bonds is 6. The molecule has 0 aromatic heterocycles. The van der Waals surface area contributed by atoms with Gasteiger partial charge in [0.15, 0.2) is 21.7 Å². The summed E-state index contributed by atoms with van der Waals surface area (Å²) in [6.45, 7) is 2.70. The molecule has 2 aromatic rings. The van der Waals surface area contributed by atoms with Crippen molar-refractivity contribution >= 4 is 40.3 Å². The summed E-state index contributed by atoms with van der Waals surface area (Å²) in [6, 6.07) is 13.8. The number of aryl methyl sites for hydroxylation is 1. The fraction of sp³-hybridized carbons (Fsp3) is 0.263. The highest BCUT2D eigenvalue weighted by atomic mass is 32.1. The molecule has 0 spiro atoms. The lowest BCUT2D eigenvalue weighted by atomic mass is 10.1. The maximum absolute atomic E-state index is 5.31. The smallest absolute Gasteiger partial charge is 0.189 e. The molecule has 0 fully saturated rings. The number of hydrogen-bond donors (Lipinski definition) is 4. The van der Waals surface area contributed by atoms with Gasteiger partial charge in [-0.2, -0.15) is 0 Å². The second-order valence-corrected chi connectivity index (χ2v) is 6.58. The number of hydrazine groups is 1. The van der Waals surface area contributed by atoms with Gasteiger partial charge in [-0.1, -0.05) is 23.8 Å². The van der Waals surface area contributed by atoms with Crippen molar-refractivity contribution in [3.05, 3.63) is 53.6 Å². The molecule has 0 saturated carbocycles. The Morgan fingerprint density at radius 2 is 1.56 bits per heavy atom. The Hall–Kier alpha value is -2.58. The van der Waals surface area contributed by atoms with Gasteiger partial charge >= 0.3 is 0 Å². The summed E-state index contributed by atoms with van der Waals surface area (Å²) in [5, 5.41) is 7.09. The highest BCUT2D eigenvalue weighted by Crippen LogP contribution is 2.27. The van der Waals surface area contributed by atoms with Crippen molar-refractivity contribution in [2.45, 2.75) is 13.3 Å². The van der Waals surface area contributed by atoms with Crippen LogP contribution in [-0.2, 0) is 6.42 Å². The fourth-order valence-corrected chi connectivity index (χ4v) is 2.64. The molecule has 0 amide bonds. The van der Waals surface area contributed by atoms with Crippen LogP contribution in [0.4, 0.5) is 5.69 Å². The van der Waals surface area contributed by atoms with E-state index in [2.05, 4.69) is 21.5 Å². The van der Waals surface area contributed by atoms with Crippen LogP contribution in [0.1, 0.15) is 11.1 Å². The first-order valence-corrected chi connectivity index (χ1v) is 9.22. The molecule has 2 rings (SSSR count). The Labute approximate surface area is 170 Å². The highest BCUT2D eigenvalue weighted by molar-refractivity contribution is 7.80. The van der Waals surface area contributed by atoms with E-state index in [4.69, 9.17) is 33.9 Å². The predicted molar refractivity (Wildman–Crippen MR) is 118 cm³/mol. The average molecular weight is 405 g/mol. The number of hydrogen-bond acceptors (Lipinski definition) is 4. The second kappa shape index (κ2) is 10.5. The first-order valence-electron chi connectivity index (χ1n) is 8.40. The summed E-state index contributed by atoms with van der Waals surface area (Å²) < 4.78 is 10.5. The molecule has 0 heterocycles. The van der Waals surface area contributed by atoms with Gasteiger partial charge in [0, 0.05) is 12.2 Å². The number of nitrogens with one attached hydrogen (secondary N) is 4. The van der Waals surface area contributed by atoms with Crippen molar-refractivity contribution in [3.8, 4) is 11.5 Å². The third-order valence-corrected chi connectivity index (χ3v) is 4.20. The van der Waals surface area contributed by atoms with Crippen LogP contribution in [0.15, 0.2) is 42.5 Å². The lowest BCUT2D eigenvalue weighted by Crippen LogP contribution is -2.48. The SMILES string of the molecule is COc1ccc(CCNC(=S)NNC(=S)Nc2ccc(C)cc2)cc1OC. The van der Waals surface area contributed by atoms with Gasteiger partial charge in [0.2, 0.25) is 0 Å². The minimum absolute atomic E-state index is 0.433. The minimum atomic E-state index is 0.433. The standard InChI is InChI=1S/C19H24N4O2S2/c1-13-4-7-15(8-5-13)21-19(27)23-22-18(26)20-11-10-14-6-9-16(24-2)17(12-14)25-3/h4-9,12H,10-11H2,1-3H3,(H2,20,22,26)(H2,21,23,27). The number of ether oxygens (including phenoxy) is 2. The molecule has 4 N–H and O–H groups in total. The van der Waals surface area contributed by atoms with E-state index in [9.17, 15) is 0 Å². The summed E-state index contributed by atoms with van der Waals surface area (Å²) in [6.07, 6.45) is 0.786. The van der Waals surface area contributed by atoms with Crippen molar-refractivity contribution in [3.63, 3.8) is 0 Å². The molecule has 144 valence electrons. The van der Waals surface area contributed by atoms with Gasteiger partial charge in [-0.25, -0.2) is 0 Å². The first kappa shape index (κ1) is 20.7.